The monoisotopic (exact) mass is 1080 g/mol. The molecule has 3 saturated heterocycles. The van der Waals surface area contributed by atoms with E-state index in [1.54, 1.807) is 26.6 Å². The van der Waals surface area contributed by atoms with Gasteiger partial charge in [-0.2, -0.15) is 4.98 Å². The summed E-state index contributed by atoms with van der Waals surface area (Å²) < 4.78 is 50.6. The molecule has 4 fully saturated rings. The van der Waals surface area contributed by atoms with Crippen LogP contribution in [0.5, 0.6) is 5.75 Å². The van der Waals surface area contributed by atoms with Gasteiger partial charge in [0, 0.05) is 109 Å². The number of nitrogens with zero attached hydrogens (tertiary/aromatic N) is 6. The second kappa shape index (κ2) is 22.0. The third-order valence-corrected chi connectivity index (χ3v) is 17.5. The number of piperazine rings is 1. The second-order valence-electron chi connectivity index (χ2n) is 20.4. The number of anilines is 6. The highest BCUT2D eigenvalue weighted by atomic mass is 79.9. The molecule has 0 bridgehead atoms. The van der Waals surface area contributed by atoms with Crippen LogP contribution in [0.25, 0.3) is 10.9 Å². The predicted molar refractivity (Wildman–Crippen MR) is 288 cm³/mol. The number of aromatic nitrogens is 3. The van der Waals surface area contributed by atoms with Gasteiger partial charge >= 0.3 is 0 Å². The van der Waals surface area contributed by atoms with Crippen molar-refractivity contribution in [1.29, 1.82) is 0 Å². The number of carbonyl (C=O) groups excluding carboxylic acids is 3. The summed E-state index contributed by atoms with van der Waals surface area (Å²) in [5, 5.41) is 13.7. The summed E-state index contributed by atoms with van der Waals surface area (Å²) in [6, 6.07) is 14.8. The maximum atomic E-state index is 15.1. The standard InChI is InChI=1S/C54H66BrF2N10O5P/c1-6-34-28-44(62-53-59-32-39(55)50(64-53)61-43-14-13-42-37(11-10-33(2)60-42)49(43)73(4,5)71)46(72-3)31-45(34)66-22-16-36(17-23-66)65-24-26-67(27-25-65)52(70)54(18-7-8-19-54)20-9-21-58-35-29-40(56)48(41(57)30-35)38-12-15-47(68)63-51(38)69/h10-11,13-14,28-32,36,38,58H,6-9,12,15-27H2,1-5H3,(H,63,68,69)(H2,59,61,62,64). The van der Waals surface area contributed by atoms with E-state index in [2.05, 4.69) is 80.9 Å². The van der Waals surface area contributed by atoms with Crippen molar-refractivity contribution in [2.75, 3.05) is 87.1 Å². The van der Waals surface area contributed by atoms with Crippen molar-refractivity contribution < 1.29 is 32.5 Å². The molecule has 19 heteroatoms. The molecule has 0 spiro atoms. The van der Waals surface area contributed by atoms with E-state index in [9.17, 15) is 18.9 Å². The van der Waals surface area contributed by atoms with Crippen molar-refractivity contribution in [3.8, 4) is 5.75 Å². The Morgan fingerprint density at radius 3 is 2.33 bits per heavy atom. The highest BCUT2D eigenvalue weighted by Crippen LogP contribution is 2.45. The van der Waals surface area contributed by atoms with E-state index < -0.39 is 41.9 Å². The number of fused-ring (bicyclic) bond motifs is 1. The van der Waals surface area contributed by atoms with Crippen molar-refractivity contribution in [3.05, 3.63) is 87.7 Å². The molecule has 73 heavy (non-hydrogen) atoms. The van der Waals surface area contributed by atoms with Crippen LogP contribution in [0.3, 0.4) is 0 Å². The first-order valence-electron chi connectivity index (χ1n) is 25.6. The number of ether oxygens (including phenoxy) is 1. The lowest BCUT2D eigenvalue weighted by Gasteiger charge is -2.45. The van der Waals surface area contributed by atoms with Crippen LogP contribution >= 0.6 is 23.1 Å². The number of benzene rings is 3. The largest absolute Gasteiger partial charge is 0.494 e. The lowest BCUT2D eigenvalue weighted by Crippen LogP contribution is -2.56. The Morgan fingerprint density at radius 1 is 0.932 bits per heavy atom. The molecule has 1 aliphatic carbocycles. The predicted octanol–water partition coefficient (Wildman–Crippen LogP) is 9.77. The number of pyridine rings is 1. The maximum absolute atomic E-state index is 15.1. The lowest BCUT2D eigenvalue weighted by atomic mass is 9.79. The Balaban J connectivity index is 0.781. The Bertz CT molecular complexity index is 2930. The third kappa shape index (κ3) is 11.4. The molecule has 1 atom stereocenters. The molecule has 2 aromatic heterocycles. The van der Waals surface area contributed by atoms with Crippen molar-refractivity contribution >= 4 is 91.5 Å². The SMILES string of the molecule is CCc1cc(Nc2ncc(Br)c(Nc3ccc4nc(C)ccc4c3P(C)(C)=O)n2)c(OC)cc1N1CCC(N2CCN(C(=O)C3(CCCNc4cc(F)c(C5CCC(=O)NC5=O)c(F)c4)CCCC3)CC2)CC1. The molecule has 9 rings (SSSR count). The highest BCUT2D eigenvalue weighted by Gasteiger charge is 2.44. The Kier molecular flexibility index (Phi) is 15.7. The smallest absolute Gasteiger partial charge is 0.234 e. The van der Waals surface area contributed by atoms with E-state index in [4.69, 9.17) is 9.72 Å². The number of carbonyl (C=O) groups is 3. The number of amides is 3. The molecular formula is C54H66BrF2N10O5P. The fourth-order valence-electron chi connectivity index (χ4n) is 11.6. The second-order valence-corrected chi connectivity index (χ2v) is 24.4. The molecule has 3 aliphatic heterocycles. The average molecular weight is 1080 g/mol. The molecule has 3 aromatic carbocycles. The average Bonchev–Trinajstić information content (AvgIpc) is 3.86. The van der Waals surface area contributed by atoms with Crippen LogP contribution < -0.4 is 36.2 Å². The molecule has 4 aliphatic rings. The summed E-state index contributed by atoms with van der Waals surface area (Å²) in [5.41, 5.74) is 4.99. The molecule has 388 valence electrons. The summed E-state index contributed by atoms with van der Waals surface area (Å²) in [5.74, 6) is -2.00. The van der Waals surface area contributed by atoms with Crippen LogP contribution in [-0.2, 0) is 25.4 Å². The molecule has 3 amide bonds. The van der Waals surface area contributed by atoms with Gasteiger partial charge in [-0.05, 0) is 130 Å². The number of rotatable bonds is 16. The molecule has 1 unspecified atom stereocenters. The van der Waals surface area contributed by atoms with E-state index >= 15 is 8.78 Å². The number of hydrogen-bond acceptors (Lipinski definition) is 13. The minimum Gasteiger partial charge on any atom is -0.494 e. The molecular weight excluding hydrogens is 1020 g/mol. The van der Waals surface area contributed by atoms with E-state index in [0.29, 0.717) is 71.5 Å². The number of piperidine rings is 2. The van der Waals surface area contributed by atoms with Gasteiger partial charge in [-0.3, -0.25) is 29.6 Å². The molecule has 15 nitrogen and oxygen atoms in total. The van der Waals surface area contributed by atoms with Crippen LogP contribution in [0.4, 0.5) is 43.3 Å². The summed E-state index contributed by atoms with van der Waals surface area (Å²) in [7, 11) is -1.08. The van der Waals surface area contributed by atoms with E-state index in [-0.39, 0.29) is 30.0 Å². The first kappa shape index (κ1) is 52.2. The number of imide groups is 1. The zero-order valence-electron chi connectivity index (χ0n) is 42.4. The quantitative estimate of drug-likeness (QED) is 0.0418. The summed E-state index contributed by atoms with van der Waals surface area (Å²) in [6.07, 6.45) is 9.70. The zero-order valence-corrected chi connectivity index (χ0v) is 44.9. The topological polar surface area (TPSA) is 174 Å². The third-order valence-electron chi connectivity index (χ3n) is 15.3. The van der Waals surface area contributed by atoms with Crippen LogP contribution in [0.2, 0.25) is 0 Å². The van der Waals surface area contributed by atoms with Gasteiger partial charge in [-0.25, -0.2) is 13.8 Å². The van der Waals surface area contributed by atoms with Gasteiger partial charge in [0.15, 0.2) is 0 Å². The van der Waals surface area contributed by atoms with E-state index in [0.717, 1.165) is 99.1 Å². The Morgan fingerprint density at radius 2 is 1.66 bits per heavy atom. The van der Waals surface area contributed by atoms with Crippen LogP contribution in [0.1, 0.15) is 93.9 Å². The van der Waals surface area contributed by atoms with Crippen LogP contribution in [0, 0.1) is 24.0 Å². The number of hydrogen-bond donors (Lipinski definition) is 4. The van der Waals surface area contributed by atoms with Crippen molar-refractivity contribution in [3.63, 3.8) is 0 Å². The van der Waals surface area contributed by atoms with E-state index in [1.165, 1.54) is 17.7 Å². The molecule has 4 N–H and O–H groups in total. The van der Waals surface area contributed by atoms with E-state index in [1.807, 2.05) is 31.2 Å². The van der Waals surface area contributed by atoms with Crippen molar-refractivity contribution in [1.82, 2.24) is 30.1 Å². The van der Waals surface area contributed by atoms with Gasteiger partial charge in [0.25, 0.3) is 0 Å². The lowest BCUT2D eigenvalue weighted by molar-refractivity contribution is -0.144. The first-order valence-corrected chi connectivity index (χ1v) is 29.0. The minimum atomic E-state index is -2.75. The van der Waals surface area contributed by atoms with Crippen LogP contribution in [0.15, 0.2) is 59.2 Å². The summed E-state index contributed by atoms with van der Waals surface area (Å²) in [6.45, 7) is 12.9. The fraction of sp³-hybridized carbons (Fsp3) is 0.481. The normalized spacial score (nSPS) is 18.8. The van der Waals surface area contributed by atoms with Gasteiger partial charge in [0.05, 0.1) is 34.4 Å². The zero-order chi connectivity index (χ0) is 51.6. The highest BCUT2D eigenvalue weighted by molar-refractivity contribution is 9.10. The van der Waals surface area contributed by atoms with Crippen molar-refractivity contribution in [2.45, 2.75) is 96.4 Å². The molecule has 5 aromatic rings. The molecule has 5 heterocycles. The van der Waals surface area contributed by atoms with Crippen LogP contribution in [-0.4, -0.2) is 115 Å². The molecule has 1 saturated carbocycles. The minimum absolute atomic E-state index is 0.0345. The fourth-order valence-corrected chi connectivity index (χ4v) is 13.3. The Labute approximate surface area is 434 Å². The number of methoxy groups -OCH3 is 1. The first-order chi connectivity index (χ1) is 35.0. The molecule has 0 radical (unpaired) electrons. The van der Waals surface area contributed by atoms with Crippen molar-refractivity contribution in [2.24, 2.45) is 5.41 Å². The number of nitrogens with one attached hydrogen (secondary N) is 4. The number of aryl methyl sites for hydroxylation is 2. The Hall–Kier alpha value is -5.71. The van der Waals surface area contributed by atoms with Gasteiger partial charge < -0.3 is 35.1 Å². The number of halogens is 3. The van der Waals surface area contributed by atoms with Gasteiger partial charge in [0.1, 0.15) is 30.3 Å². The summed E-state index contributed by atoms with van der Waals surface area (Å²) in [4.78, 5) is 59.4. The maximum Gasteiger partial charge on any atom is 0.234 e. The van der Waals surface area contributed by atoms with Gasteiger partial charge in [-0.1, -0.05) is 25.8 Å². The summed E-state index contributed by atoms with van der Waals surface area (Å²) >= 11 is 3.62. The van der Waals surface area contributed by atoms with Gasteiger partial charge in [0.2, 0.25) is 23.7 Å². The van der Waals surface area contributed by atoms with Gasteiger partial charge in [-0.15, -0.1) is 0 Å².